The molecule has 1 saturated heterocycles. The molecule has 6 nitrogen and oxygen atoms in total. The average Bonchev–Trinajstić information content (AvgIpc) is 3.40. The fraction of sp³-hybridized carbons (Fsp3) is 0.370. The summed E-state index contributed by atoms with van der Waals surface area (Å²) in [6, 6.07) is 12.1. The van der Waals surface area contributed by atoms with Gasteiger partial charge in [0, 0.05) is 47.8 Å². The Kier molecular flexibility index (Phi) is 4.74. The van der Waals surface area contributed by atoms with Crippen LogP contribution in [0, 0.1) is 11.7 Å². The molecular weight excluding hydrogens is 429 g/mol. The van der Waals surface area contributed by atoms with E-state index in [1.54, 1.807) is 12.3 Å². The average molecular weight is 458 g/mol. The Hall–Kier alpha value is -3.32. The van der Waals surface area contributed by atoms with Crippen molar-refractivity contribution in [3.8, 4) is 22.5 Å². The monoisotopic (exact) mass is 457 g/mol. The molecule has 2 aromatic carbocycles. The number of anilines is 1. The number of aromatic nitrogens is 2. The molecule has 0 unspecified atom stereocenters. The van der Waals surface area contributed by atoms with Crippen LogP contribution in [0.2, 0.25) is 0 Å². The fourth-order valence-corrected chi connectivity index (χ4v) is 5.69. The minimum absolute atomic E-state index is 0.166. The van der Waals surface area contributed by atoms with Crippen molar-refractivity contribution in [2.75, 3.05) is 25.4 Å². The standard InChI is InChI=1S/C27H28FN5O/c1-15(2)33-13-19-11-27(19,14-33)18-5-3-16(4-6-18)23-12-31-25(29)24(32-23)21-9-17-7-8-30-26(34)20(17)10-22(21)28/h3-6,9-10,12,15,19H,7-8,11,13-14H2,1-2H3,(H2,29,31)(H,30,34)/t19-,27+/m1/s1. The molecule has 34 heavy (non-hydrogen) atoms. The number of rotatable bonds is 4. The molecule has 7 heteroatoms. The number of carbonyl (C=O) groups is 1. The lowest BCUT2D eigenvalue weighted by Gasteiger charge is -2.24. The number of nitrogens with one attached hydrogen (secondary N) is 1. The van der Waals surface area contributed by atoms with E-state index in [9.17, 15) is 4.79 Å². The highest BCUT2D eigenvalue weighted by Gasteiger charge is 2.60. The van der Waals surface area contributed by atoms with Crippen LogP contribution >= 0.6 is 0 Å². The van der Waals surface area contributed by atoms with Gasteiger partial charge in [-0.25, -0.2) is 14.4 Å². The Morgan fingerprint density at radius 1 is 1.21 bits per heavy atom. The Morgan fingerprint density at radius 2 is 2.00 bits per heavy atom. The zero-order valence-electron chi connectivity index (χ0n) is 19.4. The highest BCUT2D eigenvalue weighted by Crippen LogP contribution is 2.59. The van der Waals surface area contributed by atoms with E-state index in [-0.39, 0.29) is 17.3 Å². The first-order valence-electron chi connectivity index (χ1n) is 11.9. The summed E-state index contributed by atoms with van der Waals surface area (Å²) < 4.78 is 15.0. The van der Waals surface area contributed by atoms with Gasteiger partial charge in [-0.3, -0.25) is 9.69 Å². The van der Waals surface area contributed by atoms with Crippen LogP contribution in [0.5, 0.6) is 0 Å². The summed E-state index contributed by atoms with van der Waals surface area (Å²) in [5.41, 5.74) is 11.1. The predicted molar refractivity (Wildman–Crippen MR) is 130 cm³/mol. The van der Waals surface area contributed by atoms with Crippen molar-refractivity contribution in [3.05, 3.63) is 65.1 Å². The maximum Gasteiger partial charge on any atom is 0.251 e. The van der Waals surface area contributed by atoms with Gasteiger partial charge in [-0.2, -0.15) is 0 Å². The molecule has 1 aromatic heterocycles. The number of fused-ring (bicyclic) bond motifs is 2. The summed E-state index contributed by atoms with van der Waals surface area (Å²) >= 11 is 0. The molecule has 1 aliphatic carbocycles. The van der Waals surface area contributed by atoms with Crippen LogP contribution < -0.4 is 11.1 Å². The van der Waals surface area contributed by atoms with Crippen LogP contribution in [0.4, 0.5) is 10.2 Å². The lowest BCUT2D eigenvalue weighted by Crippen LogP contribution is -2.32. The summed E-state index contributed by atoms with van der Waals surface area (Å²) in [6.07, 6.45) is 3.53. The number of nitrogen functional groups attached to an aromatic ring is 1. The van der Waals surface area contributed by atoms with Crippen LogP contribution in [-0.4, -0.2) is 46.5 Å². The fourth-order valence-electron chi connectivity index (χ4n) is 5.69. The van der Waals surface area contributed by atoms with Gasteiger partial charge in [0.15, 0.2) is 0 Å². The molecule has 3 aliphatic rings. The van der Waals surface area contributed by atoms with Crippen LogP contribution in [0.25, 0.3) is 22.5 Å². The number of carbonyl (C=O) groups excluding carboxylic acids is 1. The molecule has 1 saturated carbocycles. The Morgan fingerprint density at radius 3 is 2.74 bits per heavy atom. The smallest absolute Gasteiger partial charge is 0.251 e. The number of amides is 1. The van der Waals surface area contributed by atoms with Crippen molar-refractivity contribution >= 4 is 11.7 Å². The van der Waals surface area contributed by atoms with Crippen LogP contribution in [0.3, 0.4) is 0 Å². The number of benzene rings is 2. The summed E-state index contributed by atoms with van der Waals surface area (Å²) in [5, 5.41) is 2.74. The molecular formula is C27H28FN5O. The first-order valence-corrected chi connectivity index (χ1v) is 11.9. The number of hydrogen-bond acceptors (Lipinski definition) is 5. The molecule has 0 spiro atoms. The molecule has 2 atom stereocenters. The maximum absolute atomic E-state index is 15.0. The Bertz CT molecular complexity index is 1310. The third kappa shape index (κ3) is 3.29. The van der Waals surface area contributed by atoms with Crippen LogP contribution in [-0.2, 0) is 11.8 Å². The highest BCUT2D eigenvalue weighted by molar-refractivity contribution is 5.97. The number of nitrogens with zero attached hydrogens (tertiary/aromatic N) is 3. The molecule has 2 aliphatic heterocycles. The number of hydrogen-bond donors (Lipinski definition) is 2. The molecule has 3 aromatic rings. The second-order valence-corrected chi connectivity index (χ2v) is 10.1. The van der Waals surface area contributed by atoms with Crippen LogP contribution in [0.15, 0.2) is 42.6 Å². The van der Waals surface area contributed by atoms with E-state index in [0.29, 0.717) is 41.4 Å². The van der Waals surface area contributed by atoms with E-state index < -0.39 is 5.82 Å². The second kappa shape index (κ2) is 7.60. The first kappa shape index (κ1) is 21.2. The number of nitrogens with two attached hydrogens (primary N) is 1. The van der Waals surface area contributed by atoms with Gasteiger partial charge < -0.3 is 11.1 Å². The van der Waals surface area contributed by atoms with E-state index >= 15 is 4.39 Å². The van der Waals surface area contributed by atoms with Gasteiger partial charge in [0.05, 0.1) is 11.9 Å². The second-order valence-electron chi connectivity index (χ2n) is 10.1. The van der Waals surface area contributed by atoms with Gasteiger partial charge in [0.2, 0.25) is 0 Å². The topological polar surface area (TPSA) is 84.1 Å². The van der Waals surface area contributed by atoms with Crippen molar-refractivity contribution in [2.24, 2.45) is 5.92 Å². The number of piperidine rings is 1. The van der Waals surface area contributed by atoms with E-state index in [2.05, 4.69) is 53.3 Å². The maximum atomic E-state index is 15.0. The van der Waals surface area contributed by atoms with Gasteiger partial charge in [0.25, 0.3) is 5.91 Å². The van der Waals surface area contributed by atoms with Gasteiger partial charge >= 0.3 is 0 Å². The molecule has 0 bridgehead atoms. The molecule has 174 valence electrons. The number of halogens is 1. The normalized spacial score (nSPS) is 23.5. The zero-order chi connectivity index (χ0) is 23.6. The minimum Gasteiger partial charge on any atom is -0.382 e. The summed E-state index contributed by atoms with van der Waals surface area (Å²) in [7, 11) is 0. The lowest BCUT2D eigenvalue weighted by molar-refractivity contribution is 0.0945. The van der Waals surface area contributed by atoms with Crippen molar-refractivity contribution in [3.63, 3.8) is 0 Å². The van der Waals surface area contributed by atoms with Crippen LogP contribution in [0.1, 0.15) is 41.8 Å². The van der Waals surface area contributed by atoms with Crippen molar-refractivity contribution in [1.29, 1.82) is 0 Å². The Balaban J connectivity index is 1.32. The van der Waals surface area contributed by atoms with E-state index in [1.807, 2.05) is 0 Å². The SMILES string of the molecule is CC(C)N1C[C@H]2C[C@@]2(c2ccc(-c3cnc(N)c(-c4cc5c(cc4F)C(=O)NCC5)n3)cc2)C1. The summed E-state index contributed by atoms with van der Waals surface area (Å²) in [5.74, 6) is 0.131. The van der Waals surface area contributed by atoms with E-state index in [0.717, 1.165) is 23.6 Å². The first-order chi connectivity index (χ1) is 16.4. The van der Waals surface area contributed by atoms with Crippen molar-refractivity contribution < 1.29 is 9.18 Å². The molecule has 0 radical (unpaired) electrons. The van der Waals surface area contributed by atoms with E-state index in [4.69, 9.17) is 10.7 Å². The number of likely N-dealkylation sites (tertiary alicyclic amines) is 1. The highest BCUT2D eigenvalue weighted by atomic mass is 19.1. The van der Waals surface area contributed by atoms with E-state index in [1.165, 1.54) is 24.6 Å². The molecule has 6 rings (SSSR count). The van der Waals surface area contributed by atoms with Gasteiger partial charge in [0.1, 0.15) is 17.3 Å². The van der Waals surface area contributed by atoms with Crippen molar-refractivity contribution in [2.45, 2.75) is 38.1 Å². The summed E-state index contributed by atoms with van der Waals surface area (Å²) in [6.45, 7) is 7.36. The van der Waals surface area contributed by atoms with Gasteiger partial charge in [-0.1, -0.05) is 24.3 Å². The summed E-state index contributed by atoms with van der Waals surface area (Å²) in [4.78, 5) is 23.6. The van der Waals surface area contributed by atoms with Gasteiger partial charge in [-0.15, -0.1) is 0 Å². The Labute approximate surface area is 198 Å². The molecule has 3 N–H and O–H groups in total. The molecule has 1 amide bonds. The minimum atomic E-state index is -0.529. The third-order valence-electron chi connectivity index (χ3n) is 7.83. The molecule has 3 heterocycles. The lowest BCUT2D eigenvalue weighted by atomic mass is 9.93. The quantitative estimate of drug-likeness (QED) is 0.623. The zero-order valence-corrected chi connectivity index (χ0v) is 19.4. The van der Waals surface area contributed by atoms with Gasteiger partial charge in [-0.05, 0) is 55.9 Å². The van der Waals surface area contributed by atoms with Crippen molar-refractivity contribution in [1.82, 2.24) is 20.2 Å². The third-order valence-corrected chi connectivity index (χ3v) is 7.83. The largest absolute Gasteiger partial charge is 0.382 e. The predicted octanol–water partition coefficient (Wildman–Crippen LogP) is 3.80. The molecule has 2 fully saturated rings.